The zero-order valence-corrected chi connectivity index (χ0v) is 16.8. The average Bonchev–Trinajstić information content (AvgIpc) is 2.95. The Kier molecular flexibility index (Phi) is 9.58. The number of carbonyl (C=O) groups is 4. The Morgan fingerprint density at radius 3 is 1.53 bits per heavy atom. The molecule has 1 fully saturated rings. The molecule has 0 spiro atoms. The van der Waals surface area contributed by atoms with E-state index in [0.717, 1.165) is 27.7 Å². The number of hydrogen-bond acceptors (Lipinski definition) is 13. The van der Waals surface area contributed by atoms with E-state index in [9.17, 15) is 39.6 Å². The van der Waals surface area contributed by atoms with Crippen LogP contribution < -0.4 is 0 Å². The molecule has 30 heavy (non-hydrogen) atoms. The van der Waals surface area contributed by atoms with E-state index in [1.807, 2.05) is 0 Å². The minimum Gasteiger partial charge on any atom is -0.461 e. The maximum atomic E-state index is 11.9. The van der Waals surface area contributed by atoms with Crippen molar-refractivity contribution in [2.75, 3.05) is 6.61 Å². The van der Waals surface area contributed by atoms with Crippen LogP contribution in [0.3, 0.4) is 0 Å². The van der Waals surface area contributed by atoms with Crippen LogP contribution in [0.1, 0.15) is 27.7 Å². The van der Waals surface area contributed by atoms with Crippen LogP contribution in [-0.2, 0) is 42.9 Å². The van der Waals surface area contributed by atoms with Crippen molar-refractivity contribution >= 4 is 23.9 Å². The van der Waals surface area contributed by atoms with Crippen LogP contribution in [0.15, 0.2) is 0 Å². The van der Waals surface area contributed by atoms with E-state index in [1.165, 1.54) is 0 Å². The second kappa shape index (κ2) is 11.2. The van der Waals surface area contributed by atoms with Gasteiger partial charge in [-0.15, -0.1) is 0 Å². The quantitative estimate of drug-likeness (QED) is 0.212. The smallest absolute Gasteiger partial charge is 0.337 e. The lowest BCUT2D eigenvalue weighted by Gasteiger charge is -2.25. The standard InChI is InChI=1S/C17H26O13/c1-6(18)13(22)26-5-10-11(28-14(23)7(2)19)12(29-15(24)8(3)20)17(27-10)30-16(25)9(4)21/h6-12,17-21H,5H2,1-4H3. The monoisotopic (exact) mass is 438 g/mol. The van der Waals surface area contributed by atoms with Gasteiger partial charge in [-0.3, -0.25) is 0 Å². The van der Waals surface area contributed by atoms with Crippen LogP contribution in [0.25, 0.3) is 0 Å². The molecule has 0 radical (unpaired) electrons. The SMILES string of the molecule is CC(O)C(=O)OCC1OC(OC(=O)C(C)O)C(OC(=O)C(C)O)C1OC(=O)C(C)O. The van der Waals surface area contributed by atoms with Gasteiger partial charge in [-0.1, -0.05) is 0 Å². The van der Waals surface area contributed by atoms with Crippen molar-refractivity contribution in [2.24, 2.45) is 0 Å². The Hall–Kier alpha value is -2.32. The van der Waals surface area contributed by atoms with Crippen LogP contribution in [0.2, 0.25) is 0 Å². The summed E-state index contributed by atoms with van der Waals surface area (Å²) in [4.78, 5) is 47.0. The zero-order valence-electron chi connectivity index (χ0n) is 16.8. The van der Waals surface area contributed by atoms with Gasteiger partial charge in [0, 0.05) is 0 Å². The Balaban J connectivity index is 3.16. The molecule has 172 valence electrons. The summed E-state index contributed by atoms with van der Waals surface area (Å²) in [5, 5.41) is 37.3. The fourth-order valence-corrected chi connectivity index (χ4v) is 2.15. The molecule has 0 bridgehead atoms. The molecule has 1 aliphatic rings. The molecule has 0 amide bonds. The van der Waals surface area contributed by atoms with Gasteiger partial charge in [0.15, 0.2) is 6.10 Å². The Morgan fingerprint density at radius 2 is 1.10 bits per heavy atom. The Labute approximate surface area is 171 Å². The van der Waals surface area contributed by atoms with Crippen molar-refractivity contribution in [1.29, 1.82) is 0 Å². The molecule has 13 nitrogen and oxygen atoms in total. The van der Waals surface area contributed by atoms with E-state index >= 15 is 0 Å². The van der Waals surface area contributed by atoms with Crippen LogP contribution in [0, 0.1) is 0 Å². The number of aliphatic hydroxyl groups excluding tert-OH is 4. The highest BCUT2D eigenvalue weighted by Gasteiger charge is 2.53. The molecule has 8 unspecified atom stereocenters. The lowest BCUT2D eigenvalue weighted by atomic mass is 10.1. The number of rotatable bonds is 9. The highest BCUT2D eigenvalue weighted by atomic mass is 16.8. The van der Waals surface area contributed by atoms with Gasteiger partial charge in [0.1, 0.15) is 37.1 Å². The molecule has 13 heteroatoms. The molecule has 1 saturated heterocycles. The van der Waals surface area contributed by atoms with Gasteiger partial charge < -0.3 is 44.1 Å². The molecule has 0 aromatic carbocycles. The summed E-state index contributed by atoms with van der Waals surface area (Å²) in [6.45, 7) is 3.81. The van der Waals surface area contributed by atoms with E-state index in [2.05, 4.69) is 0 Å². The molecular weight excluding hydrogens is 412 g/mol. The summed E-state index contributed by atoms with van der Waals surface area (Å²) in [7, 11) is 0. The van der Waals surface area contributed by atoms with Gasteiger partial charge in [-0.05, 0) is 27.7 Å². The summed E-state index contributed by atoms with van der Waals surface area (Å²) >= 11 is 0. The summed E-state index contributed by atoms with van der Waals surface area (Å²) in [5.41, 5.74) is 0. The van der Waals surface area contributed by atoms with Crippen molar-refractivity contribution in [3.8, 4) is 0 Å². The topological polar surface area (TPSA) is 195 Å². The van der Waals surface area contributed by atoms with Crippen LogP contribution in [0.5, 0.6) is 0 Å². The first kappa shape index (κ1) is 25.7. The third-order valence-corrected chi connectivity index (χ3v) is 3.76. The first-order valence-corrected chi connectivity index (χ1v) is 9.01. The molecule has 8 atom stereocenters. The lowest BCUT2D eigenvalue weighted by Crippen LogP contribution is -2.45. The van der Waals surface area contributed by atoms with Crippen molar-refractivity contribution in [1.82, 2.24) is 0 Å². The largest absolute Gasteiger partial charge is 0.461 e. The molecule has 4 N–H and O–H groups in total. The molecule has 0 aromatic rings. The normalized spacial score (nSPS) is 27.3. The second-order valence-corrected chi connectivity index (χ2v) is 6.62. The van der Waals surface area contributed by atoms with Crippen LogP contribution in [-0.4, -0.2) is 99.9 Å². The Morgan fingerprint density at radius 1 is 0.700 bits per heavy atom. The summed E-state index contributed by atoms with van der Waals surface area (Å²) < 4.78 is 25.2. The lowest BCUT2D eigenvalue weighted by molar-refractivity contribution is -0.207. The molecule has 1 aliphatic heterocycles. The molecular formula is C17H26O13. The molecule has 0 aromatic heterocycles. The predicted octanol–water partition coefficient (Wildman–Crippen LogP) is -2.86. The van der Waals surface area contributed by atoms with Gasteiger partial charge in [0.2, 0.25) is 12.4 Å². The minimum atomic E-state index is -1.71. The summed E-state index contributed by atoms with van der Waals surface area (Å²) in [5.74, 6) is -4.54. The Bertz CT molecular complexity index is 627. The molecule has 0 saturated carbocycles. The zero-order chi connectivity index (χ0) is 23.2. The summed E-state index contributed by atoms with van der Waals surface area (Å²) in [6, 6.07) is 0. The fourth-order valence-electron chi connectivity index (χ4n) is 2.15. The fraction of sp³-hybridized carbons (Fsp3) is 0.765. The van der Waals surface area contributed by atoms with Crippen molar-refractivity contribution in [3.05, 3.63) is 0 Å². The van der Waals surface area contributed by atoms with Crippen molar-refractivity contribution < 1.29 is 63.3 Å². The first-order valence-electron chi connectivity index (χ1n) is 9.01. The minimum absolute atomic E-state index is 0.618. The van der Waals surface area contributed by atoms with E-state index < -0.39 is 79.5 Å². The van der Waals surface area contributed by atoms with E-state index in [0.29, 0.717) is 0 Å². The van der Waals surface area contributed by atoms with E-state index in [-0.39, 0.29) is 0 Å². The number of ether oxygens (including phenoxy) is 5. The van der Waals surface area contributed by atoms with E-state index in [1.54, 1.807) is 0 Å². The third-order valence-electron chi connectivity index (χ3n) is 3.76. The van der Waals surface area contributed by atoms with Crippen molar-refractivity contribution in [3.63, 3.8) is 0 Å². The molecule has 1 rings (SSSR count). The van der Waals surface area contributed by atoms with Gasteiger partial charge in [0.05, 0.1) is 0 Å². The maximum Gasteiger partial charge on any atom is 0.337 e. The number of esters is 4. The first-order chi connectivity index (χ1) is 13.8. The highest BCUT2D eigenvalue weighted by Crippen LogP contribution is 2.29. The molecule has 0 aliphatic carbocycles. The van der Waals surface area contributed by atoms with E-state index in [4.69, 9.17) is 23.7 Å². The van der Waals surface area contributed by atoms with Crippen LogP contribution >= 0.6 is 0 Å². The second-order valence-electron chi connectivity index (χ2n) is 6.62. The highest BCUT2D eigenvalue weighted by molar-refractivity contribution is 5.76. The maximum absolute atomic E-state index is 11.9. The molecule has 1 heterocycles. The third kappa shape index (κ3) is 7.18. The number of carbonyl (C=O) groups excluding carboxylic acids is 4. The number of hydrogen-bond donors (Lipinski definition) is 4. The summed E-state index contributed by atoms with van der Waals surface area (Å²) in [6.07, 6.45) is -12.5. The average molecular weight is 438 g/mol. The van der Waals surface area contributed by atoms with Gasteiger partial charge in [-0.25, -0.2) is 19.2 Å². The predicted molar refractivity (Wildman–Crippen MR) is 92.2 cm³/mol. The van der Waals surface area contributed by atoms with Gasteiger partial charge >= 0.3 is 23.9 Å². The van der Waals surface area contributed by atoms with Gasteiger partial charge in [-0.2, -0.15) is 0 Å². The van der Waals surface area contributed by atoms with Gasteiger partial charge in [0.25, 0.3) is 0 Å². The van der Waals surface area contributed by atoms with Crippen molar-refractivity contribution in [2.45, 2.75) is 76.7 Å². The van der Waals surface area contributed by atoms with Crippen LogP contribution in [0.4, 0.5) is 0 Å². The number of aliphatic hydroxyl groups is 4.